The molecule has 0 bridgehead atoms. The summed E-state index contributed by atoms with van der Waals surface area (Å²) in [5.41, 5.74) is 0.890. The average molecular weight is 228 g/mol. The first kappa shape index (κ1) is 12.5. The van der Waals surface area contributed by atoms with Crippen LogP contribution >= 0.6 is 11.8 Å². The van der Waals surface area contributed by atoms with Crippen LogP contribution in [0.5, 0.6) is 0 Å². The van der Waals surface area contributed by atoms with Gasteiger partial charge in [0.05, 0.1) is 19.3 Å². The largest absolute Gasteiger partial charge is 0.392 e. The van der Waals surface area contributed by atoms with Crippen molar-refractivity contribution in [3.05, 3.63) is 29.8 Å². The van der Waals surface area contributed by atoms with Gasteiger partial charge in [-0.3, -0.25) is 0 Å². The fraction of sp³-hybridized carbons (Fsp3) is 0.455. The van der Waals surface area contributed by atoms with Gasteiger partial charge in [-0.05, 0) is 17.7 Å². The van der Waals surface area contributed by atoms with Crippen LogP contribution in [0.4, 0.5) is 0 Å². The Labute approximate surface area is 94.1 Å². The van der Waals surface area contributed by atoms with Crippen molar-refractivity contribution in [3.63, 3.8) is 0 Å². The van der Waals surface area contributed by atoms with Crippen molar-refractivity contribution in [1.29, 1.82) is 0 Å². The monoisotopic (exact) mass is 228 g/mol. The summed E-state index contributed by atoms with van der Waals surface area (Å²) in [6.07, 6.45) is -0.446. The summed E-state index contributed by atoms with van der Waals surface area (Å²) in [5.74, 6) is 0.600. The van der Waals surface area contributed by atoms with Crippen LogP contribution < -0.4 is 0 Å². The topological polar surface area (TPSA) is 49.7 Å². The summed E-state index contributed by atoms with van der Waals surface area (Å²) in [5, 5.41) is 18.4. The first-order valence-electron chi connectivity index (χ1n) is 4.76. The molecule has 2 N–H and O–H groups in total. The molecule has 84 valence electrons. The van der Waals surface area contributed by atoms with Crippen molar-refractivity contribution in [2.75, 3.05) is 19.5 Å². The molecule has 0 aliphatic rings. The van der Waals surface area contributed by atoms with Gasteiger partial charge in [0.1, 0.15) is 0 Å². The maximum atomic E-state index is 9.44. The highest BCUT2D eigenvalue weighted by atomic mass is 32.2. The Hall–Kier alpha value is -0.550. The molecule has 0 aliphatic heterocycles. The first-order chi connectivity index (χ1) is 7.26. The molecule has 0 spiro atoms. The predicted octanol–water partition coefficient (Wildman–Crippen LogP) is 1.28. The van der Waals surface area contributed by atoms with Crippen molar-refractivity contribution >= 4 is 11.8 Å². The number of ether oxygens (including phenoxy) is 1. The zero-order valence-corrected chi connectivity index (χ0v) is 9.54. The fourth-order valence-corrected chi connectivity index (χ4v) is 2.06. The number of aliphatic hydroxyl groups excluding tert-OH is 2. The number of aliphatic hydroxyl groups is 2. The average Bonchev–Trinajstić information content (AvgIpc) is 2.27. The number of methoxy groups -OCH3 is 1. The molecule has 0 fully saturated rings. The van der Waals surface area contributed by atoms with E-state index < -0.39 is 6.10 Å². The minimum atomic E-state index is -0.446. The fourth-order valence-electron chi connectivity index (χ4n) is 1.17. The zero-order chi connectivity index (χ0) is 11.1. The van der Waals surface area contributed by atoms with Gasteiger partial charge in [-0.2, -0.15) is 0 Å². The second-order valence-corrected chi connectivity index (χ2v) is 4.32. The normalized spacial score (nSPS) is 12.7. The molecule has 0 saturated heterocycles. The van der Waals surface area contributed by atoms with Gasteiger partial charge in [0.15, 0.2) is 0 Å². The van der Waals surface area contributed by atoms with Crippen LogP contribution in [-0.2, 0) is 11.3 Å². The van der Waals surface area contributed by atoms with E-state index in [4.69, 9.17) is 9.84 Å². The summed E-state index contributed by atoms with van der Waals surface area (Å²) in [6, 6.07) is 7.65. The number of benzene rings is 1. The SMILES string of the molecule is COCC(O)CSc1cccc(CO)c1. The molecule has 1 rings (SSSR count). The molecule has 1 aromatic carbocycles. The van der Waals surface area contributed by atoms with Gasteiger partial charge in [0.25, 0.3) is 0 Å². The van der Waals surface area contributed by atoms with Crippen LogP contribution in [0.1, 0.15) is 5.56 Å². The molecule has 0 saturated carbocycles. The molecular weight excluding hydrogens is 212 g/mol. The van der Waals surface area contributed by atoms with Gasteiger partial charge >= 0.3 is 0 Å². The van der Waals surface area contributed by atoms with Crippen LogP contribution in [0, 0.1) is 0 Å². The number of thioether (sulfide) groups is 1. The zero-order valence-electron chi connectivity index (χ0n) is 8.72. The summed E-state index contributed by atoms with van der Waals surface area (Å²) in [6.45, 7) is 0.404. The number of hydrogen-bond donors (Lipinski definition) is 2. The van der Waals surface area contributed by atoms with Crippen molar-refractivity contribution in [2.45, 2.75) is 17.6 Å². The lowest BCUT2D eigenvalue weighted by Gasteiger charge is -2.09. The maximum absolute atomic E-state index is 9.44. The van der Waals surface area contributed by atoms with E-state index in [0.29, 0.717) is 12.4 Å². The van der Waals surface area contributed by atoms with Crippen molar-refractivity contribution in [2.24, 2.45) is 0 Å². The molecule has 3 nitrogen and oxygen atoms in total. The van der Waals surface area contributed by atoms with E-state index in [-0.39, 0.29) is 6.61 Å². The van der Waals surface area contributed by atoms with E-state index in [1.54, 1.807) is 18.9 Å². The summed E-state index contributed by atoms with van der Waals surface area (Å²) in [7, 11) is 1.57. The van der Waals surface area contributed by atoms with Crippen LogP contribution in [-0.4, -0.2) is 35.8 Å². The Morgan fingerprint density at radius 2 is 2.27 bits per heavy atom. The molecular formula is C11H16O3S. The molecule has 1 aromatic rings. The smallest absolute Gasteiger partial charge is 0.0867 e. The van der Waals surface area contributed by atoms with Gasteiger partial charge in [-0.25, -0.2) is 0 Å². The Balaban J connectivity index is 2.43. The van der Waals surface area contributed by atoms with Crippen molar-refractivity contribution in [3.8, 4) is 0 Å². The van der Waals surface area contributed by atoms with Crippen molar-refractivity contribution < 1.29 is 14.9 Å². The second kappa shape index (κ2) is 6.85. The van der Waals surface area contributed by atoms with Gasteiger partial charge in [-0.1, -0.05) is 12.1 Å². The number of rotatable bonds is 6. The lowest BCUT2D eigenvalue weighted by Crippen LogP contribution is -2.16. The first-order valence-corrected chi connectivity index (χ1v) is 5.74. The lowest BCUT2D eigenvalue weighted by atomic mass is 10.2. The maximum Gasteiger partial charge on any atom is 0.0867 e. The summed E-state index contributed by atoms with van der Waals surface area (Å²) < 4.78 is 4.83. The third kappa shape index (κ3) is 4.66. The molecule has 0 aliphatic carbocycles. The molecule has 0 heterocycles. The van der Waals surface area contributed by atoms with Gasteiger partial charge in [0.2, 0.25) is 0 Å². The van der Waals surface area contributed by atoms with Gasteiger partial charge in [0, 0.05) is 17.8 Å². The highest BCUT2D eigenvalue weighted by Crippen LogP contribution is 2.20. The van der Waals surface area contributed by atoms with E-state index >= 15 is 0 Å². The quantitative estimate of drug-likeness (QED) is 0.720. The number of hydrogen-bond acceptors (Lipinski definition) is 4. The third-order valence-corrected chi connectivity index (χ3v) is 3.02. The predicted molar refractivity (Wildman–Crippen MR) is 61.0 cm³/mol. The minimum Gasteiger partial charge on any atom is -0.392 e. The van der Waals surface area contributed by atoms with Crippen molar-refractivity contribution in [1.82, 2.24) is 0 Å². The standard InChI is InChI=1S/C11H16O3S/c1-14-7-10(13)8-15-11-4-2-3-9(5-11)6-12/h2-5,10,12-13H,6-8H2,1H3. The molecule has 0 radical (unpaired) electrons. The van der Waals surface area contributed by atoms with Crippen LogP contribution in [0.3, 0.4) is 0 Å². The molecule has 1 atom stereocenters. The van der Waals surface area contributed by atoms with Gasteiger partial charge in [-0.15, -0.1) is 11.8 Å². The van der Waals surface area contributed by atoms with E-state index in [0.717, 1.165) is 10.5 Å². The molecule has 1 unspecified atom stereocenters. The van der Waals surface area contributed by atoms with E-state index in [1.807, 2.05) is 24.3 Å². The third-order valence-electron chi connectivity index (χ3n) is 1.88. The van der Waals surface area contributed by atoms with E-state index in [2.05, 4.69) is 0 Å². The minimum absolute atomic E-state index is 0.0506. The van der Waals surface area contributed by atoms with Crippen LogP contribution in [0.2, 0.25) is 0 Å². The second-order valence-electron chi connectivity index (χ2n) is 3.23. The summed E-state index contributed by atoms with van der Waals surface area (Å²) >= 11 is 1.56. The highest BCUT2D eigenvalue weighted by molar-refractivity contribution is 7.99. The Morgan fingerprint density at radius 1 is 1.47 bits per heavy atom. The molecule has 15 heavy (non-hydrogen) atoms. The molecule has 4 heteroatoms. The van der Waals surface area contributed by atoms with Gasteiger partial charge < -0.3 is 14.9 Å². The Kier molecular flexibility index (Phi) is 5.71. The Morgan fingerprint density at radius 3 is 2.93 bits per heavy atom. The molecule has 0 amide bonds. The van der Waals surface area contributed by atoms with E-state index in [1.165, 1.54) is 0 Å². The molecule has 0 aromatic heterocycles. The highest BCUT2D eigenvalue weighted by Gasteiger charge is 2.04. The van der Waals surface area contributed by atoms with Crippen LogP contribution in [0.15, 0.2) is 29.2 Å². The lowest BCUT2D eigenvalue weighted by molar-refractivity contribution is 0.0794. The van der Waals surface area contributed by atoms with E-state index in [9.17, 15) is 5.11 Å². The van der Waals surface area contributed by atoms with Crippen LogP contribution in [0.25, 0.3) is 0 Å². The Bertz CT molecular complexity index is 291. The summed E-state index contributed by atoms with van der Waals surface area (Å²) in [4.78, 5) is 1.05.